The molecule has 114 valence electrons. The number of ether oxygens (including phenoxy) is 2. The minimum atomic E-state index is -0.316. The molecule has 0 radical (unpaired) electrons. The topological polar surface area (TPSA) is 54.0 Å². The molecule has 19 heavy (non-hydrogen) atoms. The van der Waals surface area contributed by atoms with Crippen molar-refractivity contribution in [2.24, 2.45) is 0 Å². The van der Waals surface area contributed by atoms with Crippen molar-refractivity contribution >= 4 is 0 Å². The third kappa shape index (κ3) is 9.35. The molecule has 1 atom stereocenters. The average molecular weight is 274 g/mol. The quantitative estimate of drug-likeness (QED) is 0.478. The molecule has 0 aliphatic heterocycles. The molecule has 1 aliphatic carbocycles. The molecule has 0 saturated heterocycles. The average Bonchev–Trinajstić information content (AvgIpc) is 3.21. The fraction of sp³-hybridized carbons (Fsp3) is 1.00. The molecule has 2 N–H and O–H groups in total. The summed E-state index contributed by atoms with van der Waals surface area (Å²) in [4.78, 5) is 2.21. The molecule has 0 bridgehead atoms. The van der Waals surface area contributed by atoms with Gasteiger partial charge in [0.25, 0.3) is 0 Å². The Morgan fingerprint density at radius 3 is 2.21 bits per heavy atom. The Labute approximate surface area is 117 Å². The number of hydrogen-bond acceptors (Lipinski definition) is 5. The van der Waals surface area contributed by atoms with Crippen LogP contribution in [0.25, 0.3) is 0 Å². The lowest BCUT2D eigenvalue weighted by molar-refractivity contribution is 0.0535. The molecule has 1 aliphatic rings. The summed E-state index contributed by atoms with van der Waals surface area (Å²) in [6, 6.07) is 0.648. The Morgan fingerprint density at radius 2 is 1.74 bits per heavy atom. The molecule has 0 aromatic heterocycles. The molecule has 5 nitrogen and oxygen atoms in total. The number of rotatable bonds is 13. The van der Waals surface area contributed by atoms with E-state index in [1.807, 2.05) is 13.8 Å². The van der Waals surface area contributed by atoms with Gasteiger partial charge in [0.1, 0.15) is 0 Å². The minimum Gasteiger partial charge on any atom is -0.390 e. The number of nitrogens with zero attached hydrogens (tertiary/aromatic N) is 1. The second-order valence-electron chi connectivity index (χ2n) is 5.03. The van der Waals surface area contributed by atoms with Crippen molar-refractivity contribution in [2.45, 2.75) is 38.8 Å². The zero-order valence-corrected chi connectivity index (χ0v) is 12.4. The maximum absolute atomic E-state index is 10.0. The lowest BCUT2D eigenvalue weighted by Gasteiger charge is -2.25. The molecule has 5 heteroatoms. The highest BCUT2D eigenvalue weighted by atomic mass is 16.5. The third-order valence-corrected chi connectivity index (χ3v) is 3.20. The van der Waals surface area contributed by atoms with Gasteiger partial charge in [0.15, 0.2) is 0 Å². The van der Waals surface area contributed by atoms with Gasteiger partial charge in [-0.3, -0.25) is 4.90 Å². The number of hydrogen-bond donors (Lipinski definition) is 2. The van der Waals surface area contributed by atoms with E-state index in [2.05, 4.69) is 10.2 Å². The smallest absolute Gasteiger partial charge is 0.0791 e. The maximum atomic E-state index is 10.0. The molecular weight excluding hydrogens is 244 g/mol. The van der Waals surface area contributed by atoms with Gasteiger partial charge in [0.05, 0.1) is 19.3 Å². The molecule has 0 aromatic rings. The van der Waals surface area contributed by atoms with Crippen LogP contribution in [0.2, 0.25) is 0 Å². The summed E-state index contributed by atoms with van der Waals surface area (Å²) in [5.41, 5.74) is 0. The highest BCUT2D eigenvalue weighted by Gasteiger charge is 2.21. The Kier molecular flexibility index (Phi) is 9.38. The minimum absolute atomic E-state index is 0.316. The largest absolute Gasteiger partial charge is 0.390 e. The highest BCUT2D eigenvalue weighted by molar-refractivity contribution is 4.82. The Hall–Kier alpha value is -0.200. The molecule has 0 spiro atoms. The summed E-state index contributed by atoms with van der Waals surface area (Å²) in [5.74, 6) is 0. The molecule has 1 unspecified atom stereocenters. The SMILES string of the molecule is CCOCCN(CCOCC)CC(O)CNC1CC1. The molecule has 0 aromatic carbocycles. The van der Waals surface area contributed by atoms with Crippen LogP contribution in [0, 0.1) is 0 Å². The summed E-state index contributed by atoms with van der Waals surface area (Å²) in [5, 5.41) is 13.4. The van der Waals surface area contributed by atoms with Crippen LogP contribution in [-0.2, 0) is 9.47 Å². The Morgan fingerprint density at radius 1 is 1.16 bits per heavy atom. The van der Waals surface area contributed by atoms with E-state index in [0.717, 1.165) is 26.3 Å². The standard InChI is InChI=1S/C14H30N2O3/c1-3-18-9-7-16(8-10-19-4-2)12-14(17)11-15-13-5-6-13/h13-15,17H,3-12H2,1-2H3. The van der Waals surface area contributed by atoms with Crippen LogP contribution in [0.5, 0.6) is 0 Å². The number of aliphatic hydroxyl groups excluding tert-OH is 1. The first-order chi connectivity index (χ1) is 9.26. The van der Waals surface area contributed by atoms with Crippen LogP contribution >= 0.6 is 0 Å². The summed E-state index contributed by atoms with van der Waals surface area (Å²) in [6.45, 7) is 9.97. The zero-order valence-electron chi connectivity index (χ0n) is 12.4. The van der Waals surface area contributed by atoms with Gasteiger partial charge in [-0.1, -0.05) is 0 Å². The fourth-order valence-corrected chi connectivity index (χ4v) is 1.92. The second-order valence-corrected chi connectivity index (χ2v) is 5.03. The van der Waals surface area contributed by atoms with Gasteiger partial charge in [-0.15, -0.1) is 0 Å². The Bertz CT molecular complexity index is 203. The van der Waals surface area contributed by atoms with Crippen molar-refractivity contribution < 1.29 is 14.6 Å². The van der Waals surface area contributed by atoms with Crippen molar-refractivity contribution in [3.05, 3.63) is 0 Å². The first-order valence-corrected chi connectivity index (χ1v) is 7.55. The highest BCUT2D eigenvalue weighted by Crippen LogP contribution is 2.18. The van der Waals surface area contributed by atoms with E-state index in [9.17, 15) is 5.11 Å². The van der Waals surface area contributed by atoms with E-state index in [1.165, 1.54) is 12.8 Å². The van der Waals surface area contributed by atoms with Crippen molar-refractivity contribution in [3.63, 3.8) is 0 Å². The molecule has 0 amide bonds. The van der Waals surface area contributed by atoms with Crippen molar-refractivity contribution in [2.75, 3.05) is 52.6 Å². The van der Waals surface area contributed by atoms with E-state index in [-0.39, 0.29) is 6.10 Å². The normalized spacial score (nSPS) is 17.1. The van der Waals surface area contributed by atoms with Crippen LogP contribution in [0.4, 0.5) is 0 Å². The predicted molar refractivity (Wildman–Crippen MR) is 76.5 cm³/mol. The Balaban J connectivity index is 2.15. The summed E-state index contributed by atoms with van der Waals surface area (Å²) in [6.07, 6.45) is 2.19. The van der Waals surface area contributed by atoms with E-state index >= 15 is 0 Å². The van der Waals surface area contributed by atoms with Crippen LogP contribution in [0.15, 0.2) is 0 Å². The lowest BCUT2D eigenvalue weighted by atomic mass is 10.3. The van der Waals surface area contributed by atoms with Gasteiger partial charge in [-0.25, -0.2) is 0 Å². The van der Waals surface area contributed by atoms with Crippen LogP contribution in [0.3, 0.4) is 0 Å². The zero-order chi connectivity index (χ0) is 13.9. The van der Waals surface area contributed by atoms with E-state index in [4.69, 9.17) is 9.47 Å². The number of nitrogens with one attached hydrogen (secondary N) is 1. The second kappa shape index (κ2) is 10.6. The summed E-state index contributed by atoms with van der Waals surface area (Å²) >= 11 is 0. The molecule has 1 fully saturated rings. The number of aliphatic hydroxyl groups is 1. The first kappa shape index (κ1) is 16.9. The molecular formula is C14H30N2O3. The maximum Gasteiger partial charge on any atom is 0.0791 e. The fourth-order valence-electron chi connectivity index (χ4n) is 1.92. The third-order valence-electron chi connectivity index (χ3n) is 3.20. The predicted octanol–water partition coefficient (Wildman–Crippen LogP) is 0.474. The van der Waals surface area contributed by atoms with Crippen LogP contribution in [0.1, 0.15) is 26.7 Å². The molecule has 0 heterocycles. The van der Waals surface area contributed by atoms with Gasteiger partial charge >= 0.3 is 0 Å². The lowest BCUT2D eigenvalue weighted by Crippen LogP contribution is -2.41. The first-order valence-electron chi connectivity index (χ1n) is 7.55. The van der Waals surface area contributed by atoms with Crippen LogP contribution in [-0.4, -0.2) is 74.8 Å². The van der Waals surface area contributed by atoms with Gasteiger partial charge in [0.2, 0.25) is 0 Å². The van der Waals surface area contributed by atoms with Crippen molar-refractivity contribution in [1.29, 1.82) is 0 Å². The van der Waals surface area contributed by atoms with Gasteiger partial charge < -0.3 is 19.9 Å². The molecule has 1 saturated carbocycles. The van der Waals surface area contributed by atoms with E-state index in [1.54, 1.807) is 0 Å². The van der Waals surface area contributed by atoms with Gasteiger partial charge in [-0.2, -0.15) is 0 Å². The monoisotopic (exact) mass is 274 g/mol. The van der Waals surface area contributed by atoms with Crippen molar-refractivity contribution in [3.8, 4) is 0 Å². The van der Waals surface area contributed by atoms with Crippen molar-refractivity contribution in [1.82, 2.24) is 10.2 Å². The van der Waals surface area contributed by atoms with Gasteiger partial charge in [-0.05, 0) is 26.7 Å². The van der Waals surface area contributed by atoms with Gasteiger partial charge in [0, 0.05) is 45.4 Å². The summed E-state index contributed by atoms with van der Waals surface area (Å²) < 4.78 is 10.8. The molecule has 1 rings (SSSR count). The van der Waals surface area contributed by atoms with E-state index < -0.39 is 0 Å². The van der Waals surface area contributed by atoms with Crippen LogP contribution < -0.4 is 5.32 Å². The van der Waals surface area contributed by atoms with E-state index in [0.29, 0.717) is 32.3 Å². The summed E-state index contributed by atoms with van der Waals surface area (Å²) in [7, 11) is 0.